The molecule has 4 heterocycles. The zero-order valence-electron chi connectivity index (χ0n) is 13.0. The number of carboxylic acids is 1. The quantitative estimate of drug-likeness (QED) is 0.603. The number of rotatable bonds is 3. The summed E-state index contributed by atoms with van der Waals surface area (Å²) in [4.78, 5) is 33.4. The molecule has 0 bridgehead atoms. The summed E-state index contributed by atoms with van der Waals surface area (Å²) in [6, 6.07) is 0. The normalized spacial score (nSPS) is 14.6. The van der Waals surface area contributed by atoms with E-state index in [1.165, 1.54) is 15.7 Å². The molecule has 0 amide bonds. The molecule has 0 radical (unpaired) electrons. The van der Waals surface area contributed by atoms with Crippen molar-refractivity contribution >= 4 is 34.2 Å². The van der Waals surface area contributed by atoms with Gasteiger partial charge in [-0.1, -0.05) is 0 Å². The Morgan fingerprint density at radius 1 is 1.38 bits per heavy atom. The Morgan fingerprint density at radius 3 is 2.69 bits per heavy atom. The van der Waals surface area contributed by atoms with Crippen molar-refractivity contribution in [2.45, 2.75) is 6.10 Å². The number of aliphatic hydroxyl groups excluding tert-OH is 1. The fourth-order valence-corrected chi connectivity index (χ4v) is 3.38. The molecule has 0 spiro atoms. The number of carbonyl (C=O) groups is 1. The fourth-order valence-electron chi connectivity index (χ4n) is 2.76. The van der Waals surface area contributed by atoms with Gasteiger partial charge < -0.3 is 20.2 Å². The number of aromatic carboxylic acids is 1. The molecule has 26 heavy (non-hydrogen) atoms. The highest BCUT2D eigenvalue weighted by molar-refractivity contribution is 7.12. The van der Waals surface area contributed by atoms with Gasteiger partial charge in [-0.2, -0.15) is 4.39 Å². The van der Waals surface area contributed by atoms with E-state index in [0.717, 1.165) is 17.5 Å². The second kappa shape index (κ2) is 5.75. The van der Waals surface area contributed by atoms with Gasteiger partial charge >= 0.3 is 5.97 Å². The van der Waals surface area contributed by atoms with Gasteiger partial charge in [0.25, 0.3) is 0 Å². The minimum atomic E-state index is -1.52. The van der Waals surface area contributed by atoms with Crippen LogP contribution in [0.15, 0.2) is 22.6 Å². The minimum absolute atomic E-state index is 0.120. The van der Waals surface area contributed by atoms with Crippen LogP contribution in [-0.4, -0.2) is 55.0 Å². The largest absolute Gasteiger partial charge is 0.504 e. The second-order valence-electron chi connectivity index (χ2n) is 5.72. The number of thiazole rings is 1. The van der Waals surface area contributed by atoms with Gasteiger partial charge in [-0.05, 0) is 0 Å². The van der Waals surface area contributed by atoms with E-state index in [1.54, 1.807) is 5.38 Å². The number of aliphatic hydroxyl groups is 1. The summed E-state index contributed by atoms with van der Waals surface area (Å²) in [6.45, 7) is 0.257. The van der Waals surface area contributed by atoms with Crippen LogP contribution >= 0.6 is 11.3 Å². The average Bonchev–Trinajstić information content (AvgIpc) is 3.09. The molecule has 9 nitrogen and oxygen atoms in total. The van der Waals surface area contributed by atoms with Gasteiger partial charge in [0.15, 0.2) is 22.3 Å². The molecule has 1 saturated heterocycles. The Kier molecular flexibility index (Phi) is 3.63. The molecular weight excluding hydrogens is 367 g/mol. The first-order chi connectivity index (χ1) is 12.4. The number of hydrogen-bond acceptors (Lipinski definition) is 8. The second-order valence-corrected chi connectivity index (χ2v) is 6.59. The Morgan fingerprint density at radius 2 is 2.12 bits per heavy atom. The lowest BCUT2D eigenvalue weighted by atomic mass is 10.1. The topological polar surface area (TPSA) is 129 Å². The Labute approximate surface area is 148 Å². The maximum Gasteiger partial charge on any atom is 0.341 e. The molecule has 1 aliphatic rings. The minimum Gasteiger partial charge on any atom is -0.504 e. The molecule has 3 aromatic rings. The van der Waals surface area contributed by atoms with Crippen LogP contribution in [0.25, 0.3) is 16.2 Å². The summed E-state index contributed by atoms with van der Waals surface area (Å²) >= 11 is 1.15. The van der Waals surface area contributed by atoms with Gasteiger partial charge in [0, 0.05) is 30.9 Å². The van der Waals surface area contributed by atoms with Gasteiger partial charge in [-0.15, -0.1) is 11.3 Å². The van der Waals surface area contributed by atoms with Crippen LogP contribution in [0.4, 0.5) is 10.2 Å². The van der Waals surface area contributed by atoms with Crippen molar-refractivity contribution in [3.63, 3.8) is 0 Å². The highest BCUT2D eigenvalue weighted by atomic mass is 32.1. The zero-order chi connectivity index (χ0) is 18.6. The lowest BCUT2D eigenvalue weighted by Gasteiger charge is -2.37. The van der Waals surface area contributed by atoms with Crippen LogP contribution in [0.3, 0.4) is 0 Å². The molecular formula is C15H11FN4O5S. The predicted octanol–water partition coefficient (Wildman–Crippen LogP) is 0.566. The van der Waals surface area contributed by atoms with E-state index in [9.17, 15) is 29.3 Å². The van der Waals surface area contributed by atoms with E-state index in [4.69, 9.17) is 0 Å². The Balaban J connectivity index is 2.09. The average molecular weight is 378 g/mol. The number of hydrogen-bond donors (Lipinski definition) is 3. The van der Waals surface area contributed by atoms with Crippen molar-refractivity contribution < 1.29 is 24.5 Å². The monoisotopic (exact) mass is 378 g/mol. The van der Waals surface area contributed by atoms with Crippen molar-refractivity contribution in [2.24, 2.45) is 0 Å². The fraction of sp³-hybridized carbons (Fsp3) is 0.200. The summed E-state index contributed by atoms with van der Waals surface area (Å²) in [6.07, 6.45) is 1.88. The Hall–Kier alpha value is -3.05. The summed E-state index contributed by atoms with van der Waals surface area (Å²) < 4.78 is 15.8. The molecule has 134 valence electrons. The van der Waals surface area contributed by atoms with Gasteiger partial charge in [-0.3, -0.25) is 9.36 Å². The maximum atomic E-state index is 14.6. The van der Waals surface area contributed by atoms with E-state index in [1.807, 2.05) is 0 Å². The highest BCUT2D eigenvalue weighted by Gasteiger charge is 2.32. The van der Waals surface area contributed by atoms with Crippen molar-refractivity contribution in [3.8, 4) is 10.9 Å². The molecule has 0 unspecified atom stereocenters. The van der Waals surface area contributed by atoms with Crippen molar-refractivity contribution in [3.05, 3.63) is 39.4 Å². The number of carboxylic acid groups (broad SMARTS) is 1. The number of aromatic hydroxyl groups is 1. The number of pyridine rings is 2. The molecule has 3 N–H and O–H groups in total. The van der Waals surface area contributed by atoms with Gasteiger partial charge in [0.1, 0.15) is 10.9 Å². The SMILES string of the molecule is O=C(O)c1cn(-c2nccs2)c2nc(N3CC(O)C3)c(F)c(O)c2c1=O. The lowest BCUT2D eigenvalue weighted by molar-refractivity contribution is 0.0695. The third-order valence-electron chi connectivity index (χ3n) is 4.05. The van der Waals surface area contributed by atoms with E-state index in [0.29, 0.717) is 5.13 Å². The smallest absolute Gasteiger partial charge is 0.341 e. The molecule has 4 rings (SSSR count). The maximum absolute atomic E-state index is 14.6. The molecule has 11 heteroatoms. The zero-order valence-corrected chi connectivity index (χ0v) is 13.8. The van der Waals surface area contributed by atoms with E-state index < -0.39 is 40.0 Å². The van der Waals surface area contributed by atoms with Crippen LogP contribution in [-0.2, 0) is 0 Å². The van der Waals surface area contributed by atoms with Crippen LogP contribution in [0.1, 0.15) is 10.4 Å². The molecule has 3 aromatic heterocycles. The van der Waals surface area contributed by atoms with Crippen LogP contribution in [0.5, 0.6) is 5.75 Å². The Bertz CT molecular complexity index is 1090. The summed E-state index contributed by atoms with van der Waals surface area (Å²) in [5, 5.41) is 30.3. The van der Waals surface area contributed by atoms with Crippen molar-refractivity contribution in [2.75, 3.05) is 18.0 Å². The number of halogens is 1. The van der Waals surface area contributed by atoms with Crippen molar-refractivity contribution in [1.82, 2.24) is 14.5 Å². The van der Waals surface area contributed by atoms with Crippen LogP contribution in [0, 0.1) is 5.82 Å². The van der Waals surface area contributed by atoms with E-state index in [2.05, 4.69) is 9.97 Å². The van der Waals surface area contributed by atoms with Crippen LogP contribution < -0.4 is 10.3 Å². The lowest BCUT2D eigenvalue weighted by Crippen LogP contribution is -2.51. The molecule has 0 aliphatic carbocycles. The molecule has 1 fully saturated rings. The number of nitrogens with zero attached hydrogens (tertiary/aromatic N) is 4. The first-order valence-electron chi connectivity index (χ1n) is 7.42. The third-order valence-corrected chi connectivity index (χ3v) is 4.82. The summed E-state index contributed by atoms with van der Waals surface area (Å²) in [5.41, 5.74) is -1.80. The molecule has 0 atom stereocenters. The predicted molar refractivity (Wildman–Crippen MR) is 89.8 cm³/mol. The van der Waals surface area contributed by atoms with Gasteiger partial charge in [0.2, 0.25) is 11.2 Å². The third kappa shape index (κ3) is 2.32. The first kappa shape index (κ1) is 16.4. The van der Waals surface area contributed by atoms with E-state index >= 15 is 0 Å². The molecule has 0 aromatic carbocycles. The summed E-state index contributed by atoms with van der Waals surface area (Å²) in [5.74, 6) is -3.87. The van der Waals surface area contributed by atoms with Gasteiger partial charge in [-0.25, -0.2) is 14.8 Å². The van der Waals surface area contributed by atoms with Crippen molar-refractivity contribution in [1.29, 1.82) is 0 Å². The van der Waals surface area contributed by atoms with Crippen LogP contribution in [0.2, 0.25) is 0 Å². The number of aromatic nitrogens is 3. The first-order valence-corrected chi connectivity index (χ1v) is 8.30. The van der Waals surface area contributed by atoms with E-state index in [-0.39, 0.29) is 24.6 Å². The molecule has 1 aliphatic heterocycles. The number of β-amino-alcohol motifs (C(OH)–C–C–N with tert-alkyl or cyclic N) is 1. The number of anilines is 1. The summed E-state index contributed by atoms with van der Waals surface area (Å²) in [7, 11) is 0. The number of fused-ring (bicyclic) bond motifs is 1. The standard InChI is InChI=1S/C15H11FN4O5S/c16-9-11(23)8-10(22)7(14(24)25)5-20(15-17-1-2-26-15)12(8)18-13(9)19-3-6(21)4-19/h1-2,5-6,21H,3-4H2,(H,18,23)(H,24,25). The van der Waals surface area contributed by atoms with Gasteiger partial charge in [0.05, 0.1) is 6.10 Å². The molecule has 0 saturated carbocycles. The highest BCUT2D eigenvalue weighted by Crippen LogP contribution is 2.34.